The van der Waals surface area contributed by atoms with E-state index in [1.165, 1.54) is 16.7 Å². The van der Waals surface area contributed by atoms with E-state index in [9.17, 15) is 13.2 Å². The number of sulfone groups is 1. The molecule has 0 fully saturated rings. The third-order valence-corrected chi connectivity index (χ3v) is 6.64. The molecular weight excluding hydrogens is 428 g/mol. The van der Waals surface area contributed by atoms with Gasteiger partial charge >= 0.3 is 0 Å². The molecule has 0 atom stereocenters. The molecule has 0 saturated carbocycles. The first-order valence-corrected chi connectivity index (χ1v) is 12.1. The standard InChI is InChI=1S/C24H28N2O5S/c1-4-14-25-17-30-19-7-9-20(10-8-19)31-23-12-11-21(32(28,29)5-2)15-22(23)18-6-13-24(27)26(3)16-18/h6-13,15-16,25H,4-5,14,17H2,1-3H3. The van der Waals surface area contributed by atoms with Crippen molar-refractivity contribution in [1.29, 1.82) is 0 Å². The fourth-order valence-corrected chi connectivity index (χ4v) is 3.96. The van der Waals surface area contributed by atoms with Crippen molar-refractivity contribution in [1.82, 2.24) is 9.88 Å². The number of hydrogen-bond donors (Lipinski definition) is 1. The zero-order valence-electron chi connectivity index (χ0n) is 18.5. The van der Waals surface area contributed by atoms with Crippen molar-refractivity contribution >= 4 is 9.84 Å². The molecule has 0 saturated heterocycles. The first-order valence-electron chi connectivity index (χ1n) is 10.5. The molecule has 0 radical (unpaired) electrons. The highest BCUT2D eigenvalue weighted by Gasteiger charge is 2.17. The minimum atomic E-state index is -3.40. The maximum atomic E-state index is 12.4. The van der Waals surface area contributed by atoms with Gasteiger partial charge in [-0.25, -0.2) is 8.42 Å². The second-order valence-electron chi connectivity index (χ2n) is 7.29. The molecule has 0 amide bonds. The Labute approximate surface area is 188 Å². The zero-order valence-corrected chi connectivity index (χ0v) is 19.3. The van der Waals surface area contributed by atoms with Crippen molar-refractivity contribution in [3.63, 3.8) is 0 Å². The van der Waals surface area contributed by atoms with E-state index >= 15 is 0 Å². The topological polar surface area (TPSA) is 86.6 Å². The van der Waals surface area contributed by atoms with E-state index in [1.54, 1.807) is 50.5 Å². The van der Waals surface area contributed by atoms with Crippen molar-refractivity contribution in [2.24, 2.45) is 7.05 Å². The van der Waals surface area contributed by atoms with Crippen LogP contribution in [0, 0.1) is 0 Å². The molecule has 0 aliphatic rings. The van der Waals surface area contributed by atoms with Gasteiger partial charge in [0.2, 0.25) is 5.56 Å². The molecule has 3 rings (SSSR count). The van der Waals surface area contributed by atoms with Gasteiger partial charge in [-0.15, -0.1) is 0 Å². The lowest BCUT2D eigenvalue weighted by Crippen LogP contribution is -2.20. The smallest absolute Gasteiger partial charge is 0.250 e. The van der Waals surface area contributed by atoms with Crippen LogP contribution in [0.3, 0.4) is 0 Å². The number of hydrogen-bond acceptors (Lipinski definition) is 6. The quantitative estimate of drug-likeness (QED) is 0.367. The van der Waals surface area contributed by atoms with Gasteiger partial charge in [-0.3, -0.25) is 10.1 Å². The molecule has 0 bridgehead atoms. The van der Waals surface area contributed by atoms with Gasteiger partial charge in [0, 0.05) is 30.4 Å². The molecule has 2 aromatic carbocycles. The van der Waals surface area contributed by atoms with E-state index in [-0.39, 0.29) is 16.2 Å². The van der Waals surface area contributed by atoms with Gasteiger partial charge in [0.1, 0.15) is 24.0 Å². The lowest BCUT2D eigenvalue weighted by molar-refractivity contribution is 0.284. The molecule has 0 spiro atoms. The van der Waals surface area contributed by atoms with Gasteiger partial charge in [0.25, 0.3) is 0 Å². The van der Waals surface area contributed by atoms with Gasteiger partial charge in [0.05, 0.1) is 10.6 Å². The van der Waals surface area contributed by atoms with Gasteiger partial charge < -0.3 is 14.0 Å². The van der Waals surface area contributed by atoms with Crippen LogP contribution in [0.1, 0.15) is 20.3 Å². The van der Waals surface area contributed by atoms with Crippen molar-refractivity contribution < 1.29 is 17.9 Å². The zero-order chi connectivity index (χ0) is 23.1. The summed E-state index contributed by atoms with van der Waals surface area (Å²) >= 11 is 0. The number of pyridine rings is 1. The average Bonchev–Trinajstić information content (AvgIpc) is 2.80. The lowest BCUT2D eigenvalue weighted by Gasteiger charge is -2.14. The predicted molar refractivity (Wildman–Crippen MR) is 125 cm³/mol. The minimum absolute atomic E-state index is 0.00546. The molecule has 170 valence electrons. The van der Waals surface area contributed by atoms with Crippen molar-refractivity contribution in [2.75, 3.05) is 19.0 Å². The third-order valence-electron chi connectivity index (χ3n) is 4.91. The fourth-order valence-electron chi connectivity index (χ4n) is 3.05. The molecule has 0 aliphatic carbocycles. The summed E-state index contributed by atoms with van der Waals surface area (Å²) < 4.78 is 38.0. The van der Waals surface area contributed by atoms with Crippen LogP contribution in [-0.4, -0.2) is 32.0 Å². The summed E-state index contributed by atoms with van der Waals surface area (Å²) in [7, 11) is -1.76. The summed E-state index contributed by atoms with van der Waals surface area (Å²) in [4.78, 5) is 12.0. The monoisotopic (exact) mass is 456 g/mol. The molecule has 0 aliphatic heterocycles. The van der Waals surface area contributed by atoms with Crippen LogP contribution in [0.25, 0.3) is 11.1 Å². The molecular formula is C24H28N2O5S. The predicted octanol–water partition coefficient (Wildman–Crippen LogP) is 3.97. The molecule has 1 aromatic heterocycles. The summed E-state index contributed by atoms with van der Waals surface area (Å²) in [6.07, 6.45) is 2.69. The number of benzene rings is 2. The molecule has 32 heavy (non-hydrogen) atoms. The van der Waals surface area contributed by atoms with E-state index < -0.39 is 9.84 Å². The molecule has 1 N–H and O–H groups in total. The van der Waals surface area contributed by atoms with Crippen LogP contribution in [0.4, 0.5) is 0 Å². The summed E-state index contributed by atoms with van der Waals surface area (Å²) in [5.41, 5.74) is 1.11. The second kappa shape index (κ2) is 10.5. The maximum absolute atomic E-state index is 12.4. The van der Waals surface area contributed by atoms with E-state index in [1.807, 2.05) is 12.1 Å². The van der Waals surface area contributed by atoms with E-state index in [4.69, 9.17) is 9.47 Å². The number of rotatable bonds is 10. The van der Waals surface area contributed by atoms with Crippen molar-refractivity contribution in [2.45, 2.75) is 25.2 Å². The summed E-state index contributed by atoms with van der Waals surface area (Å²) in [6, 6.07) is 15.1. The van der Waals surface area contributed by atoms with Crippen LogP contribution < -0.4 is 20.3 Å². The largest absolute Gasteiger partial charge is 0.478 e. The minimum Gasteiger partial charge on any atom is -0.478 e. The highest BCUT2D eigenvalue weighted by atomic mass is 32.2. The molecule has 7 nitrogen and oxygen atoms in total. The average molecular weight is 457 g/mol. The van der Waals surface area contributed by atoms with Crippen LogP contribution >= 0.6 is 0 Å². The number of ether oxygens (including phenoxy) is 2. The second-order valence-corrected chi connectivity index (χ2v) is 9.57. The Morgan fingerprint density at radius 1 is 0.969 bits per heavy atom. The Morgan fingerprint density at radius 3 is 2.34 bits per heavy atom. The number of aromatic nitrogens is 1. The van der Waals surface area contributed by atoms with Crippen molar-refractivity contribution in [3.8, 4) is 28.4 Å². The molecule has 8 heteroatoms. The summed E-state index contributed by atoms with van der Waals surface area (Å²) in [5, 5.41) is 3.17. The van der Waals surface area contributed by atoms with Crippen LogP contribution in [0.2, 0.25) is 0 Å². The summed E-state index contributed by atoms with van der Waals surface area (Å²) in [5.74, 6) is 1.77. The van der Waals surface area contributed by atoms with Crippen LogP contribution in [-0.2, 0) is 16.9 Å². The summed E-state index contributed by atoms with van der Waals surface area (Å²) in [6.45, 7) is 5.01. The number of nitrogens with zero attached hydrogens (tertiary/aromatic N) is 1. The van der Waals surface area contributed by atoms with Crippen molar-refractivity contribution in [3.05, 3.63) is 71.1 Å². The van der Waals surface area contributed by atoms with Gasteiger partial charge in [-0.05, 0) is 61.5 Å². The molecule has 3 aromatic rings. The van der Waals surface area contributed by atoms with Crippen LogP contribution in [0.5, 0.6) is 17.2 Å². The first kappa shape index (κ1) is 23.6. The van der Waals surface area contributed by atoms with Crippen LogP contribution in [0.15, 0.2) is 70.5 Å². The Bertz CT molecular complexity index is 1220. The Kier molecular flexibility index (Phi) is 7.71. The lowest BCUT2D eigenvalue weighted by atomic mass is 10.1. The maximum Gasteiger partial charge on any atom is 0.250 e. The first-order chi connectivity index (χ1) is 15.3. The highest BCUT2D eigenvalue weighted by Crippen LogP contribution is 2.35. The molecule has 1 heterocycles. The Morgan fingerprint density at radius 2 is 1.69 bits per heavy atom. The van der Waals surface area contributed by atoms with Gasteiger partial charge in [0.15, 0.2) is 9.84 Å². The Balaban J connectivity index is 1.91. The number of aryl methyl sites for hydroxylation is 1. The highest BCUT2D eigenvalue weighted by molar-refractivity contribution is 7.91. The number of nitrogens with one attached hydrogen (secondary N) is 1. The van der Waals surface area contributed by atoms with Gasteiger partial charge in [-0.1, -0.05) is 13.8 Å². The third kappa shape index (κ3) is 5.77. The van der Waals surface area contributed by atoms with E-state index in [0.29, 0.717) is 35.1 Å². The Hall–Kier alpha value is -3.10. The van der Waals surface area contributed by atoms with Gasteiger partial charge in [-0.2, -0.15) is 0 Å². The molecule has 0 unspecified atom stereocenters. The normalized spacial score (nSPS) is 11.3. The van der Waals surface area contributed by atoms with E-state index in [2.05, 4.69) is 12.2 Å². The fraction of sp³-hybridized carbons (Fsp3) is 0.292. The van der Waals surface area contributed by atoms with E-state index in [0.717, 1.165) is 13.0 Å². The SMILES string of the molecule is CCCNCOc1ccc(Oc2ccc(S(=O)(=O)CC)cc2-c2ccc(=O)n(C)c2)cc1.